The molecule has 0 saturated carbocycles. The maximum absolute atomic E-state index is 13.0. The van der Waals surface area contributed by atoms with Crippen LogP contribution in [0, 0.1) is 11.7 Å². The van der Waals surface area contributed by atoms with Gasteiger partial charge in [0.05, 0.1) is 0 Å². The number of amides is 2. The van der Waals surface area contributed by atoms with Crippen molar-refractivity contribution in [3.63, 3.8) is 0 Å². The number of rotatable bonds is 8. The van der Waals surface area contributed by atoms with Crippen LogP contribution in [0.2, 0.25) is 0 Å². The van der Waals surface area contributed by atoms with Crippen molar-refractivity contribution >= 4 is 17.9 Å². The Morgan fingerprint density at radius 1 is 1.13 bits per heavy atom. The molecule has 1 aliphatic heterocycles. The minimum atomic E-state index is -0.328. The van der Waals surface area contributed by atoms with Crippen LogP contribution in [0.4, 0.5) is 4.39 Å². The molecule has 1 aliphatic rings. The molecule has 1 aromatic carbocycles. The van der Waals surface area contributed by atoms with Gasteiger partial charge in [0, 0.05) is 43.7 Å². The lowest BCUT2D eigenvalue weighted by atomic mass is 9.91. The van der Waals surface area contributed by atoms with Crippen LogP contribution in [0.25, 0.3) is 6.08 Å². The van der Waals surface area contributed by atoms with Gasteiger partial charge in [-0.05, 0) is 67.2 Å². The summed E-state index contributed by atoms with van der Waals surface area (Å²) in [6.45, 7) is 2.16. The van der Waals surface area contributed by atoms with Gasteiger partial charge in [0.1, 0.15) is 5.82 Å². The smallest absolute Gasteiger partial charge is 0.253 e. The zero-order chi connectivity index (χ0) is 21.2. The molecule has 2 heterocycles. The Balaban J connectivity index is 1.28. The number of piperidine rings is 1. The molecule has 3 rings (SSSR count). The lowest BCUT2D eigenvalue weighted by Crippen LogP contribution is -2.38. The van der Waals surface area contributed by atoms with E-state index in [-0.39, 0.29) is 17.6 Å². The van der Waals surface area contributed by atoms with Gasteiger partial charge in [0.2, 0.25) is 5.91 Å². The Morgan fingerprint density at radius 2 is 1.90 bits per heavy atom. The number of aromatic nitrogens is 1. The maximum atomic E-state index is 13.0. The average Bonchev–Trinajstić information content (AvgIpc) is 2.78. The van der Waals surface area contributed by atoms with E-state index in [0.29, 0.717) is 18.0 Å². The molecule has 1 saturated heterocycles. The SMILES string of the molecule is O=C(/C=C/c1cccnc1)NCCCCC1CCN(C(=O)c2ccc(F)cc2)CC1. The van der Waals surface area contributed by atoms with E-state index in [1.165, 1.54) is 18.2 Å². The first-order valence-corrected chi connectivity index (χ1v) is 10.5. The van der Waals surface area contributed by atoms with Crippen LogP contribution in [-0.4, -0.2) is 41.3 Å². The fourth-order valence-electron chi connectivity index (χ4n) is 3.67. The van der Waals surface area contributed by atoms with Gasteiger partial charge in [-0.25, -0.2) is 4.39 Å². The fraction of sp³-hybridized carbons (Fsp3) is 0.375. The summed E-state index contributed by atoms with van der Waals surface area (Å²) in [6, 6.07) is 9.48. The van der Waals surface area contributed by atoms with E-state index in [9.17, 15) is 14.0 Å². The second-order valence-corrected chi connectivity index (χ2v) is 7.65. The third kappa shape index (κ3) is 6.79. The number of halogens is 1. The van der Waals surface area contributed by atoms with Gasteiger partial charge in [-0.1, -0.05) is 18.9 Å². The zero-order valence-corrected chi connectivity index (χ0v) is 17.1. The normalized spacial score (nSPS) is 14.8. The number of pyridine rings is 1. The Hall–Kier alpha value is -3.02. The molecule has 0 bridgehead atoms. The summed E-state index contributed by atoms with van der Waals surface area (Å²) in [7, 11) is 0. The summed E-state index contributed by atoms with van der Waals surface area (Å²) in [4.78, 5) is 30.2. The molecular weight excluding hydrogens is 381 g/mol. The van der Waals surface area contributed by atoms with Crippen molar-refractivity contribution in [2.24, 2.45) is 5.92 Å². The summed E-state index contributed by atoms with van der Waals surface area (Å²) in [5.41, 5.74) is 1.44. The van der Waals surface area contributed by atoms with Crippen LogP contribution in [0.15, 0.2) is 54.9 Å². The third-order valence-corrected chi connectivity index (χ3v) is 5.44. The van der Waals surface area contributed by atoms with Crippen molar-refractivity contribution in [3.05, 3.63) is 71.8 Å². The first kappa shape index (κ1) is 21.7. The molecule has 0 radical (unpaired) electrons. The van der Waals surface area contributed by atoms with Gasteiger partial charge in [0.15, 0.2) is 0 Å². The van der Waals surface area contributed by atoms with Crippen LogP contribution < -0.4 is 5.32 Å². The Morgan fingerprint density at radius 3 is 2.60 bits per heavy atom. The van der Waals surface area contributed by atoms with Gasteiger partial charge in [-0.15, -0.1) is 0 Å². The highest BCUT2D eigenvalue weighted by molar-refractivity contribution is 5.94. The van der Waals surface area contributed by atoms with Crippen molar-refractivity contribution in [3.8, 4) is 0 Å². The number of carbonyl (C=O) groups is 2. The highest BCUT2D eigenvalue weighted by Crippen LogP contribution is 2.23. The number of unbranched alkanes of at least 4 members (excludes halogenated alkanes) is 1. The van der Waals surface area contributed by atoms with Crippen molar-refractivity contribution in [1.29, 1.82) is 0 Å². The molecule has 0 aliphatic carbocycles. The Kier molecular flexibility index (Phi) is 8.12. The molecule has 1 fully saturated rings. The molecule has 0 unspecified atom stereocenters. The molecule has 1 N–H and O–H groups in total. The van der Waals surface area contributed by atoms with E-state index in [4.69, 9.17) is 0 Å². The van der Waals surface area contributed by atoms with E-state index in [1.54, 1.807) is 30.6 Å². The number of hydrogen-bond acceptors (Lipinski definition) is 3. The quantitative estimate of drug-likeness (QED) is 0.528. The van der Waals surface area contributed by atoms with Crippen LogP contribution >= 0.6 is 0 Å². The van der Waals surface area contributed by atoms with Gasteiger partial charge in [0.25, 0.3) is 5.91 Å². The van der Waals surface area contributed by atoms with E-state index >= 15 is 0 Å². The number of likely N-dealkylation sites (tertiary alicyclic amines) is 1. The van der Waals surface area contributed by atoms with Gasteiger partial charge < -0.3 is 10.2 Å². The minimum Gasteiger partial charge on any atom is -0.353 e. The number of nitrogens with zero attached hydrogens (tertiary/aromatic N) is 2. The van der Waals surface area contributed by atoms with Gasteiger partial charge in [-0.3, -0.25) is 14.6 Å². The van der Waals surface area contributed by atoms with E-state index in [0.717, 1.165) is 50.8 Å². The number of benzene rings is 1. The molecule has 0 spiro atoms. The summed E-state index contributed by atoms with van der Waals surface area (Å²) < 4.78 is 13.0. The predicted octanol–water partition coefficient (Wildman–Crippen LogP) is 4.07. The van der Waals surface area contributed by atoms with Crippen LogP contribution in [0.5, 0.6) is 0 Å². The first-order chi connectivity index (χ1) is 14.6. The number of nitrogens with one attached hydrogen (secondary N) is 1. The third-order valence-electron chi connectivity index (χ3n) is 5.44. The Bertz CT molecular complexity index is 845. The van der Waals surface area contributed by atoms with Crippen LogP contribution in [0.3, 0.4) is 0 Å². The minimum absolute atomic E-state index is 0.0181. The van der Waals surface area contributed by atoms with Gasteiger partial charge in [-0.2, -0.15) is 0 Å². The molecule has 5 nitrogen and oxygen atoms in total. The average molecular weight is 410 g/mol. The molecule has 6 heteroatoms. The highest BCUT2D eigenvalue weighted by Gasteiger charge is 2.23. The lowest BCUT2D eigenvalue weighted by Gasteiger charge is -2.32. The molecule has 2 aromatic rings. The fourth-order valence-corrected chi connectivity index (χ4v) is 3.67. The largest absolute Gasteiger partial charge is 0.353 e. The zero-order valence-electron chi connectivity index (χ0n) is 17.1. The van der Waals surface area contributed by atoms with E-state index in [2.05, 4.69) is 10.3 Å². The lowest BCUT2D eigenvalue weighted by molar-refractivity contribution is -0.116. The molecular formula is C24H28FN3O2. The monoisotopic (exact) mass is 409 g/mol. The second kappa shape index (κ2) is 11.2. The van der Waals surface area contributed by atoms with Gasteiger partial charge >= 0.3 is 0 Å². The van der Waals surface area contributed by atoms with Crippen molar-refractivity contribution in [2.75, 3.05) is 19.6 Å². The highest BCUT2D eigenvalue weighted by atomic mass is 19.1. The van der Waals surface area contributed by atoms with Crippen LogP contribution in [-0.2, 0) is 4.79 Å². The van der Waals surface area contributed by atoms with Crippen molar-refractivity contribution in [1.82, 2.24) is 15.2 Å². The first-order valence-electron chi connectivity index (χ1n) is 10.5. The number of hydrogen-bond donors (Lipinski definition) is 1. The van der Waals surface area contributed by atoms with Crippen LogP contribution in [0.1, 0.15) is 48.0 Å². The Labute approximate surface area is 177 Å². The molecule has 0 atom stereocenters. The van der Waals surface area contributed by atoms with E-state index in [1.807, 2.05) is 17.0 Å². The topological polar surface area (TPSA) is 62.3 Å². The van der Waals surface area contributed by atoms with Crippen molar-refractivity contribution < 1.29 is 14.0 Å². The summed E-state index contributed by atoms with van der Waals surface area (Å²) >= 11 is 0. The standard InChI is InChI=1S/C24H28FN3O2/c25-22-9-7-21(8-10-22)24(30)28-16-12-19(13-17-28)4-1-2-15-27-23(29)11-6-20-5-3-14-26-18-20/h3,5-11,14,18-19H,1-2,4,12-13,15-17H2,(H,27,29)/b11-6+. The predicted molar refractivity (Wildman–Crippen MR) is 115 cm³/mol. The molecule has 30 heavy (non-hydrogen) atoms. The van der Waals surface area contributed by atoms with Crippen molar-refractivity contribution in [2.45, 2.75) is 32.1 Å². The summed E-state index contributed by atoms with van der Waals surface area (Å²) in [6.07, 6.45) is 11.8. The molecule has 1 aromatic heterocycles. The molecule has 2 amide bonds. The maximum Gasteiger partial charge on any atom is 0.253 e. The van der Waals surface area contributed by atoms with E-state index < -0.39 is 0 Å². The summed E-state index contributed by atoms with van der Waals surface area (Å²) in [5, 5.41) is 2.91. The molecule has 158 valence electrons. The number of carbonyl (C=O) groups excluding carboxylic acids is 2. The summed E-state index contributed by atoms with van der Waals surface area (Å²) in [5.74, 6) is 0.177. The second-order valence-electron chi connectivity index (χ2n) is 7.65.